The van der Waals surface area contributed by atoms with E-state index in [-0.39, 0.29) is 62.7 Å². The smallest absolute Gasteiger partial charge is 0.333 e. The molecule has 0 bridgehead atoms. The summed E-state index contributed by atoms with van der Waals surface area (Å²) in [6.45, 7) is -2.28. The van der Waals surface area contributed by atoms with Gasteiger partial charge < -0.3 is 30.4 Å². The van der Waals surface area contributed by atoms with E-state index in [2.05, 4.69) is 15.4 Å². The Hall–Kier alpha value is -5.41. The second kappa shape index (κ2) is 12.8. The maximum Gasteiger partial charge on any atom is 0.333 e. The minimum Gasteiger partial charge on any atom is -0.497 e. The van der Waals surface area contributed by atoms with E-state index < -0.39 is 52.6 Å². The Balaban J connectivity index is 1.51. The molecule has 1 aliphatic rings. The summed E-state index contributed by atoms with van der Waals surface area (Å²) in [4.78, 5) is 31.0. The maximum absolute atomic E-state index is 15.4. The molecule has 3 heterocycles. The quantitative estimate of drug-likeness (QED) is 0.131. The Morgan fingerprint density at radius 2 is 1.90 bits per heavy atom. The molecule has 4 N–H and O–H groups in total. The Morgan fingerprint density at radius 3 is 2.58 bits per heavy atom. The van der Waals surface area contributed by atoms with Crippen LogP contribution in [0.3, 0.4) is 0 Å². The summed E-state index contributed by atoms with van der Waals surface area (Å²) in [5.41, 5.74) is 1.74. The number of nitrogens with zero attached hydrogens (tertiary/aromatic N) is 3. The average molecular weight is 714 g/mol. The third-order valence-corrected chi connectivity index (χ3v) is 8.92. The highest BCUT2D eigenvalue weighted by Crippen LogP contribution is 2.47. The number of aromatic nitrogens is 3. The van der Waals surface area contributed by atoms with E-state index in [1.54, 1.807) is 12.1 Å². The minimum atomic E-state index is -2.94. The standard InChI is InChI=1S/C34H28ClF4N5O6/c1-33(31(40)46)15-50-29-21(33)11-26(42-28(29)20-10-22(35)24(37)12-23(20)36)34(47,18-5-4-6-19(9-18)48-2)14-41-30(45)16-7-17-13-44(32(38)39)43-27(17)25(8-16)49-3/h4-13,32,47H,14-15H2,1-3H3,(H2,40,46)(H,41,45)/t33-,34+/m0/s1. The first-order chi connectivity index (χ1) is 23.7. The highest BCUT2D eigenvalue weighted by Gasteiger charge is 2.46. The molecule has 0 aliphatic carbocycles. The lowest BCUT2D eigenvalue weighted by Gasteiger charge is -2.30. The van der Waals surface area contributed by atoms with Gasteiger partial charge in [-0.3, -0.25) is 9.59 Å². The molecule has 2 amide bonds. The molecule has 6 rings (SSSR count). The molecule has 5 aromatic rings. The predicted molar refractivity (Wildman–Crippen MR) is 173 cm³/mol. The molecule has 260 valence electrons. The fraction of sp³-hybridized carbons (Fsp3) is 0.235. The van der Waals surface area contributed by atoms with Crippen molar-refractivity contribution in [2.45, 2.75) is 24.5 Å². The number of alkyl halides is 2. The number of hydrogen-bond acceptors (Lipinski definition) is 8. The molecule has 3 aromatic carbocycles. The van der Waals surface area contributed by atoms with Crippen LogP contribution in [0.1, 0.15) is 40.7 Å². The van der Waals surface area contributed by atoms with E-state index in [9.17, 15) is 27.9 Å². The summed E-state index contributed by atoms with van der Waals surface area (Å²) in [6.07, 6.45) is 1.06. The first kappa shape index (κ1) is 34.5. The van der Waals surface area contributed by atoms with Gasteiger partial charge in [-0.15, -0.1) is 0 Å². The van der Waals surface area contributed by atoms with E-state index in [0.717, 1.165) is 12.3 Å². The van der Waals surface area contributed by atoms with Gasteiger partial charge in [-0.2, -0.15) is 13.9 Å². The number of nitrogens with one attached hydrogen (secondary N) is 1. The van der Waals surface area contributed by atoms with Gasteiger partial charge in [-0.25, -0.2) is 18.4 Å². The van der Waals surface area contributed by atoms with Crippen molar-refractivity contribution < 1.29 is 46.5 Å². The van der Waals surface area contributed by atoms with Gasteiger partial charge in [0.05, 0.1) is 31.5 Å². The normalized spacial score (nSPS) is 16.5. The number of carbonyl (C=O) groups is 2. The van der Waals surface area contributed by atoms with Gasteiger partial charge in [0.15, 0.2) is 0 Å². The summed E-state index contributed by atoms with van der Waals surface area (Å²) in [5.74, 6) is -3.32. The van der Waals surface area contributed by atoms with Crippen molar-refractivity contribution in [3.63, 3.8) is 0 Å². The van der Waals surface area contributed by atoms with Crippen LogP contribution in [-0.2, 0) is 15.8 Å². The molecule has 0 spiro atoms. The number of benzene rings is 3. The zero-order chi connectivity index (χ0) is 36.1. The van der Waals surface area contributed by atoms with E-state index >= 15 is 4.39 Å². The van der Waals surface area contributed by atoms with Gasteiger partial charge in [0.2, 0.25) is 5.91 Å². The van der Waals surface area contributed by atoms with Crippen LogP contribution < -0.4 is 25.3 Å². The van der Waals surface area contributed by atoms with Gasteiger partial charge in [0, 0.05) is 34.3 Å². The lowest BCUT2D eigenvalue weighted by molar-refractivity contribution is -0.123. The van der Waals surface area contributed by atoms with Crippen LogP contribution in [0, 0.1) is 11.6 Å². The van der Waals surface area contributed by atoms with E-state index in [0.29, 0.717) is 16.5 Å². The Labute approximate surface area is 286 Å². The molecule has 0 saturated heterocycles. The minimum absolute atomic E-state index is 0.0171. The molecule has 2 aromatic heterocycles. The Kier molecular flexibility index (Phi) is 8.82. The maximum atomic E-state index is 15.4. The molecule has 1 aliphatic heterocycles. The van der Waals surface area contributed by atoms with Crippen molar-refractivity contribution in [2.75, 3.05) is 27.4 Å². The number of nitrogens with two attached hydrogens (primary N) is 1. The van der Waals surface area contributed by atoms with Gasteiger partial charge >= 0.3 is 6.55 Å². The number of methoxy groups -OCH3 is 2. The van der Waals surface area contributed by atoms with Gasteiger partial charge in [0.25, 0.3) is 5.91 Å². The third-order valence-electron chi connectivity index (χ3n) is 8.63. The molecule has 0 saturated carbocycles. The van der Waals surface area contributed by atoms with Crippen LogP contribution in [-0.4, -0.2) is 59.1 Å². The topological polar surface area (TPSA) is 151 Å². The van der Waals surface area contributed by atoms with Crippen LogP contribution in [0.4, 0.5) is 17.6 Å². The molecular formula is C34H28ClF4N5O6. The lowest BCUT2D eigenvalue weighted by Crippen LogP contribution is -2.43. The fourth-order valence-corrected chi connectivity index (χ4v) is 5.89. The zero-order valence-corrected chi connectivity index (χ0v) is 27.3. The number of rotatable bonds is 10. The molecule has 0 fully saturated rings. The third kappa shape index (κ3) is 5.81. The number of fused-ring (bicyclic) bond motifs is 2. The molecule has 2 atom stereocenters. The Morgan fingerprint density at radius 1 is 1.14 bits per heavy atom. The fourth-order valence-electron chi connectivity index (χ4n) is 5.73. The first-order valence-electron chi connectivity index (χ1n) is 14.8. The Bertz CT molecular complexity index is 2180. The number of ether oxygens (including phenoxy) is 3. The summed E-state index contributed by atoms with van der Waals surface area (Å²) in [7, 11) is 2.69. The summed E-state index contributed by atoms with van der Waals surface area (Å²) >= 11 is 6.02. The van der Waals surface area contributed by atoms with Crippen molar-refractivity contribution >= 4 is 34.3 Å². The second-order valence-corrected chi connectivity index (χ2v) is 12.1. The van der Waals surface area contributed by atoms with Crippen LogP contribution >= 0.6 is 11.6 Å². The first-order valence-corrected chi connectivity index (χ1v) is 15.2. The van der Waals surface area contributed by atoms with E-state index in [4.69, 9.17) is 31.5 Å². The van der Waals surface area contributed by atoms with Crippen molar-refractivity contribution in [1.29, 1.82) is 0 Å². The average Bonchev–Trinajstić information content (AvgIpc) is 3.70. The number of amides is 2. The molecule has 16 heteroatoms. The molecular weight excluding hydrogens is 686 g/mol. The van der Waals surface area contributed by atoms with Crippen molar-refractivity contribution in [2.24, 2.45) is 5.73 Å². The van der Waals surface area contributed by atoms with Crippen LogP contribution in [0.5, 0.6) is 17.2 Å². The van der Waals surface area contributed by atoms with Crippen molar-refractivity contribution in [1.82, 2.24) is 20.1 Å². The summed E-state index contributed by atoms with van der Waals surface area (Å²) in [6, 6.07) is 11.7. The van der Waals surface area contributed by atoms with Crippen molar-refractivity contribution in [3.05, 3.63) is 99.8 Å². The van der Waals surface area contributed by atoms with Gasteiger partial charge in [-0.05, 0) is 48.9 Å². The highest BCUT2D eigenvalue weighted by atomic mass is 35.5. The van der Waals surface area contributed by atoms with Gasteiger partial charge in [-0.1, -0.05) is 23.7 Å². The van der Waals surface area contributed by atoms with Gasteiger partial charge in [0.1, 0.15) is 57.7 Å². The van der Waals surface area contributed by atoms with Crippen LogP contribution in [0.15, 0.2) is 60.8 Å². The SMILES string of the molecule is COc1cccc([C@](O)(CNC(=O)c2cc(OC)c3nn(C(F)F)cc3c2)c2cc3c(c(-c4cc(Cl)c(F)cc4F)n2)OC[C@]3(C)C(N)=O)c1. The largest absolute Gasteiger partial charge is 0.497 e. The monoisotopic (exact) mass is 713 g/mol. The van der Waals surface area contributed by atoms with Crippen LogP contribution in [0.25, 0.3) is 22.2 Å². The van der Waals surface area contributed by atoms with Crippen molar-refractivity contribution in [3.8, 4) is 28.5 Å². The molecule has 0 unspecified atom stereocenters. The van der Waals surface area contributed by atoms with E-state index in [1.807, 2.05) is 0 Å². The zero-order valence-electron chi connectivity index (χ0n) is 26.6. The number of hydrogen-bond donors (Lipinski definition) is 3. The molecule has 11 nitrogen and oxygen atoms in total. The van der Waals surface area contributed by atoms with E-state index in [1.165, 1.54) is 51.5 Å². The molecule has 0 radical (unpaired) electrons. The van der Waals surface area contributed by atoms with Crippen LogP contribution in [0.2, 0.25) is 5.02 Å². The second-order valence-electron chi connectivity index (χ2n) is 11.7. The number of aliphatic hydroxyl groups is 1. The number of pyridine rings is 1. The predicted octanol–water partition coefficient (Wildman–Crippen LogP) is 5.24. The lowest BCUT2D eigenvalue weighted by atomic mass is 9.80. The highest BCUT2D eigenvalue weighted by molar-refractivity contribution is 6.31. The number of halogens is 5. The summed E-state index contributed by atoms with van der Waals surface area (Å²) < 4.78 is 73.2. The molecule has 50 heavy (non-hydrogen) atoms. The number of carbonyl (C=O) groups excluding carboxylic acids is 2. The number of primary amides is 1. The summed E-state index contributed by atoms with van der Waals surface area (Å²) in [5, 5.41) is 18.8.